The van der Waals surface area contributed by atoms with Gasteiger partial charge in [0.15, 0.2) is 18.7 Å². The van der Waals surface area contributed by atoms with Crippen LogP contribution in [0.5, 0.6) is 0 Å². The summed E-state index contributed by atoms with van der Waals surface area (Å²) in [4.78, 5) is 12.1. The molecule has 0 bridgehead atoms. The van der Waals surface area contributed by atoms with Gasteiger partial charge in [0.1, 0.15) is 92.1 Å². The molecule has 19 atom stereocenters. The Morgan fingerprint density at radius 3 is 1.69 bits per heavy atom. The van der Waals surface area contributed by atoms with Crippen LogP contribution in [0.3, 0.4) is 0 Å². The fourth-order valence-electron chi connectivity index (χ4n) is 5.86. The summed E-state index contributed by atoms with van der Waals surface area (Å²) in [6.45, 7) is -4.06. The van der Waals surface area contributed by atoms with Crippen molar-refractivity contribution in [3.05, 3.63) is 0 Å². The molecule has 0 amide bonds. The summed E-state index contributed by atoms with van der Waals surface area (Å²) in [5, 5.41) is 144. The third kappa shape index (κ3) is 7.73. The molecule has 0 radical (unpaired) electrons. The molecule has 0 spiro atoms. The van der Waals surface area contributed by atoms with E-state index in [1.165, 1.54) is 0 Å². The van der Waals surface area contributed by atoms with Crippen molar-refractivity contribution in [3.63, 3.8) is 0 Å². The highest BCUT2D eigenvalue weighted by atomic mass is 16.9. The smallest absolute Gasteiger partial charge is 0.362 e. The van der Waals surface area contributed by atoms with Crippen LogP contribution < -0.4 is 0 Å². The minimum atomic E-state index is -3.21. The quantitative estimate of drug-likeness (QED) is 0.0656. The zero-order chi connectivity index (χ0) is 36.6. The molecule has 4 heterocycles. The average Bonchev–Trinajstić information content (AvgIpc) is 3.31. The monoisotopic (exact) mass is 724 g/mol. The maximum Gasteiger partial charge on any atom is 0.362 e. The molecule has 0 unspecified atom stereocenters. The molecule has 0 aromatic heterocycles. The summed E-state index contributed by atoms with van der Waals surface area (Å²) in [7, 11) is 0. The molecule has 0 aromatic rings. The van der Waals surface area contributed by atoms with E-state index in [0.29, 0.717) is 0 Å². The Kier molecular flexibility index (Phi) is 13.3. The zero-order valence-corrected chi connectivity index (χ0v) is 25.8. The van der Waals surface area contributed by atoms with Crippen molar-refractivity contribution in [1.29, 1.82) is 0 Å². The number of ether oxygens (including phenoxy) is 8. The van der Waals surface area contributed by atoms with Gasteiger partial charge < -0.3 is 105 Å². The molecule has 49 heavy (non-hydrogen) atoms. The minimum Gasteiger partial charge on any atom is -0.406 e. The van der Waals surface area contributed by atoms with Gasteiger partial charge in [0.2, 0.25) is 5.79 Å². The van der Waals surface area contributed by atoms with Crippen LogP contribution >= 0.6 is 0 Å². The highest BCUT2D eigenvalue weighted by Crippen LogP contribution is 2.42. The first-order valence-electron chi connectivity index (χ1n) is 15.1. The minimum absolute atomic E-state index is 0.751. The van der Waals surface area contributed by atoms with Crippen LogP contribution in [0.4, 0.5) is 0 Å². The predicted molar refractivity (Wildman–Crippen MR) is 145 cm³/mol. The van der Waals surface area contributed by atoms with Crippen LogP contribution in [0, 0.1) is 0 Å². The molecule has 4 aliphatic heterocycles. The Morgan fingerprint density at radius 2 is 1.16 bits per heavy atom. The molecule has 23 heteroatoms. The Morgan fingerprint density at radius 1 is 0.612 bits per heavy atom. The maximum absolute atomic E-state index is 12.1. The summed E-state index contributed by atoms with van der Waals surface area (Å²) in [5.41, 5.74) is 0. The van der Waals surface area contributed by atoms with Gasteiger partial charge in [0.25, 0.3) is 0 Å². The fourth-order valence-corrected chi connectivity index (χ4v) is 5.86. The van der Waals surface area contributed by atoms with E-state index in [1.54, 1.807) is 0 Å². The molecule has 4 rings (SSSR count). The van der Waals surface area contributed by atoms with Gasteiger partial charge in [-0.25, -0.2) is 0 Å². The Labute approximate surface area is 276 Å². The first-order valence-corrected chi connectivity index (χ1v) is 15.1. The number of carbonyl (C=O) groups excluding carboxylic acids is 1. The number of esters is 1. The standard InChI is InChI=1S/C26H44O23/c1-7(31)46-26(49-25(6-30)21(40)14(34)9(3-28)47-25)22(41)19(39)20(10(4-29)48-26)45-24-18(38)16(36)13(33)11(44-24)5-42-23-17(37)15(35)12(32)8(2-27)43-23/h8-24,27-30,32-41H,2-6H2,1H3/t8-,9-,10-,11-,12+,13+,14+,15-,16-,17-,18-,19-,20-,21+,22-,23-,24-,25+,26-/m1/s1. The van der Waals surface area contributed by atoms with E-state index in [1.807, 2.05) is 0 Å². The van der Waals surface area contributed by atoms with Gasteiger partial charge in [-0.3, -0.25) is 9.53 Å². The Hall–Kier alpha value is -1.37. The molecule has 4 aliphatic rings. The number of hydrogen-bond acceptors (Lipinski definition) is 23. The number of rotatable bonds is 12. The molecule has 14 N–H and O–H groups in total. The normalized spacial score (nSPS) is 50.7. The largest absolute Gasteiger partial charge is 0.406 e. The molecule has 23 nitrogen and oxygen atoms in total. The summed E-state index contributed by atoms with van der Waals surface area (Å²) >= 11 is 0. The topological polar surface area (TPSA) is 374 Å². The van der Waals surface area contributed by atoms with Gasteiger partial charge >= 0.3 is 11.9 Å². The van der Waals surface area contributed by atoms with E-state index in [0.717, 1.165) is 6.92 Å². The Balaban J connectivity index is 1.53. The van der Waals surface area contributed by atoms with Crippen LogP contribution in [0.1, 0.15) is 6.92 Å². The van der Waals surface area contributed by atoms with E-state index in [9.17, 15) is 76.3 Å². The molecule has 4 fully saturated rings. The van der Waals surface area contributed by atoms with Crippen molar-refractivity contribution < 1.29 is 114 Å². The van der Waals surface area contributed by atoms with Crippen LogP contribution in [-0.2, 0) is 42.7 Å². The van der Waals surface area contributed by atoms with Crippen molar-refractivity contribution >= 4 is 5.97 Å². The van der Waals surface area contributed by atoms with E-state index in [2.05, 4.69) is 0 Å². The van der Waals surface area contributed by atoms with Crippen molar-refractivity contribution in [2.75, 3.05) is 33.0 Å². The molecular weight excluding hydrogens is 680 g/mol. The number of hydrogen-bond donors (Lipinski definition) is 14. The third-order valence-electron chi connectivity index (χ3n) is 8.62. The highest BCUT2D eigenvalue weighted by Gasteiger charge is 2.66. The maximum atomic E-state index is 12.1. The van der Waals surface area contributed by atoms with Crippen LogP contribution in [0.25, 0.3) is 0 Å². The summed E-state index contributed by atoms with van der Waals surface area (Å²) in [5.74, 6) is -7.21. The first-order chi connectivity index (χ1) is 23.0. The fraction of sp³-hybridized carbons (Fsp3) is 0.962. The van der Waals surface area contributed by atoms with Crippen molar-refractivity contribution in [2.45, 2.75) is 123 Å². The number of carbonyl (C=O) groups is 1. The zero-order valence-electron chi connectivity index (χ0n) is 25.8. The lowest BCUT2D eigenvalue weighted by Gasteiger charge is -2.51. The van der Waals surface area contributed by atoms with Crippen molar-refractivity contribution in [3.8, 4) is 0 Å². The summed E-state index contributed by atoms with van der Waals surface area (Å²) in [6, 6.07) is 0. The molecule has 0 aromatic carbocycles. The third-order valence-corrected chi connectivity index (χ3v) is 8.62. The molecule has 286 valence electrons. The van der Waals surface area contributed by atoms with Gasteiger partial charge in [0, 0.05) is 6.92 Å². The first kappa shape index (κ1) is 40.4. The summed E-state index contributed by atoms with van der Waals surface area (Å²) < 4.78 is 42.9. The molecular formula is C26H44O23. The molecule has 0 saturated carbocycles. The van der Waals surface area contributed by atoms with Gasteiger partial charge in [-0.1, -0.05) is 0 Å². The van der Waals surface area contributed by atoms with E-state index in [-0.39, 0.29) is 0 Å². The highest BCUT2D eigenvalue weighted by molar-refractivity contribution is 5.66. The Bertz CT molecular complexity index is 1080. The predicted octanol–water partition coefficient (Wildman–Crippen LogP) is -9.86. The van der Waals surface area contributed by atoms with Gasteiger partial charge in [-0.2, -0.15) is 0 Å². The second kappa shape index (κ2) is 16.1. The number of aliphatic hydroxyl groups excluding tert-OH is 14. The lowest BCUT2D eigenvalue weighted by atomic mass is 9.95. The van der Waals surface area contributed by atoms with Crippen molar-refractivity contribution in [1.82, 2.24) is 0 Å². The van der Waals surface area contributed by atoms with Crippen LogP contribution in [-0.4, -0.2) is 226 Å². The van der Waals surface area contributed by atoms with Gasteiger partial charge in [-0.05, 0) is 0 Å². The average molecular weight is 725 g/mol. The van der Waals surface area contributed by atoms with Crippen LogP contribution in [0.15, 0.2) is 0 Å². The van der Waals surface area contributed by atoms with E-state index in [4.69, 9.17) is 37.9 Å². The van der Waals surface area contributed by atoms with E-state index < -0.39 is 155 Å². The van der Waals surface area contributed by atoms with Gasteiger partial charge in [-0.15, -0.1) is 0 Å². The van der Waals surface area contributed by atoms with Gasteiger partial charge in [0.05, 0.1) is 26.4 Å². The molecule has 4 saturated heterocycles. The second-order valence-electron chi connectivity index (χ2n) is 12.0. The second-order valence-corrected chi connectivity index (χ2v) is 12.0. The lowest BCUT2D eigenvalue weighted by molar-refractivity contribution is -0.502. The summed E-state index contributed by atoms with van der Waals surface area (Å²) in [6.07, 6.45) is -32.4. The van der Waals surface area contributed by atoms with Crippen LogP contribution in [0.2, 0.25) is 0 Å². The lowest BCUT2D eigenvalue weighted by Crippen LogP contribution is -2.72. The SMILES string of the molecule is CC(=O)O[C@@]1(O[C@]2(CO)O[C@H](CO)[C@H](O)[C@@H]2O)O[C@H](CO)[C@@H](O[C@H]2O[C@H](CO[C@@H]3O[C@H](CO)[C@H](O)[C@@H](O)[C@H]3O)[C@H](O)[C@@H](O)[C@H]2O)[C@@H](O)[C@H]1O. The number of aliphatic hydroxyl groups is 14. The molecule has 0 aliphatic carbocycles. The van der Waals surface area contributed by atoms with Crippen molar-refractivity contribution in [2.24, 2.45) is 0 Å². The van der Waals surface area contributed by atoms with E-state index >= 15 is 0 Å².